The van der Waals surface area contributed by atoms with Gasteiger partial charge in [-0.1, -0.05) is 12.1 Å². The second-order valence-corrected chi connectivity index (χ2v) is 5.19. The molecule has 1 aliphatic heterocycles. The summed E-state index contributed by atoms with van der Waals surface area (Å²) in [5.74, 6) is 0.357. The minimum atomic E-state index is -0.305. The van der Waals surface area contributed by atoms with Crippen LogP contribution in [0.25, 0.3) is 0 Å². The number of hydrogen-bond donors (Lipinski definition) is 3. The van der Waals surface area contributed by atoms with E-state index in [2.05, 4.69) is 16.0 Å². The number of nitrogens with one attached hydrogen (secondary N) is 3. The van der Waals surface area contributed by atoms with Crippen LogP contribution in [0.4, 0.5) is 0 Å². The number of carbonyl (C=O) groups is 2. The molecule has 1 aliphatic rings. The van der Waals surface area contributed by atoms with E-state index in [-0.39, 0.29) is 36.9 Å². The SMILES string of the molecule is CCNC(=O)COc1cccc(CNC(=O)C2COCCN2)c1.Cl. The molecule has 3 N–H and O–H groups in total. The fourth-order valence-electron chi connectivity index (χ4n) is 2.19. The first-order chi connectivity index (χ1) is 11.2. The molecule has 0 bridgehead atoms. The van der Waals surface area contributed by atoms with Crippen LogP contribution in [0.3, 0.4) is 0 Å². The van der Waals surface area contributed by atoms with Crippen LogP contribution in [-0.4, -0.2) is 50.8 Å². The quantitative estimate of drug-likeness (QED) is 0.650. The molecule has 0 aliphatic carbocycles. The lowest BCUT2D eigenvalue weighted by Gasteiger charge is -2.22. The van der Waals surface area contributed by atoms with E-state index >= 15 is 0 Å². The Hall–Kier alpha value is -1.83. The first kappa shape index (κ1) is 20.2. The fourth-order valence-corrected chi connectivity index (χ4v) is 2.19. The Morgan fingerprint density at radius 3 is 2.92 bits per heavy atom. The Kier molecular flexibility index (Phi) is 9.14. The third kappa shape index (κ3) is 6.74. The summed E-state index contributed by atoms with van der Waals surface area (Å²) in [4.78, 5) is 23.4. The van der Waals surface area contributed by atoms with Crippen LogP contribution in [0, 0.1) is 0 Å². The lowest BCUT2D eigenvalue weighted by atomic mass is 10.2. The van der Waals surface area contributed by atoms with E-state index in [4.69, 9.17) is 9.47 Å². The highest BCUT2D eigenvalue weighted by Gasteiger charge is 2.20. The Balaban J connectivity index is 0.00000288. The lowest BCUT2D eigenvalue weighted by Crippen LogP contribution is -2.51. The second-order valence-electron chi connectivity index (χ2n) is 5.19. The predicted molar refractivity (Wildman–Crippen MR) is 92.3 cm³/mol. The number of benzene rings is 1. The van der Waals surface area contributed by atoms with Crippen molar-refractivity contribution in [3.05, 3.63) is 29.8 Å². The summed E-state index contributed by atoms with van der Waals surface area (Å²) in [7, 11) is 0. The third-order valence-corrected chi connectivity index (χ3v) is 3.35. The first-order valence-corrected chi connectivity index (χ1v) is 7.76. The minimum Gasteiger partial charge on any atom is -0.484 e. The molecule has 1 saturated heterocycles. The molecule has 1 aromatic carbocycles. The lowest BCUT2D eigenvalue weighted by molar-refractivity contribution is -0.126. The van der Waals surface area contributed by atoms with Crippen molar-refractivity contribution >= 4 is 24.2 Å². The van der Waals surface area contributed by atoms with E-state index in [0.29, 0.717) is 38.6 Å². The van der Waals surface area contributed by atoms with Gasteiger partial charge in [0.1, 0.15) is 11.8 Å². The van der Waals surface area contributed by atoms with Gasteiger partial charge in [0.05, 0.1) is 13.2 Å². The normalized spacial score (nSPS) is 16.6. The van der Waals surface area contributed by atoms with Crippen molar-refractivity contribution < 1.29 is 19.1 Å². The minimum absolute atomic E-state index is 0. The van der Waals surface area contributed by atoms with Gasteiger partial charge in [-0.3, -0.25) is 9.59 Å². The van der Waals surface area contributed by atoms with Gasteiger partial charge in [0.2, 0.25) is 5.91 Å². The zero-order chi connectivity index (χ0) is 16.5. The van der Waals surface area contributed by atoms with E-state index < -0.39 is 0 Å². The van der Waals surface area contributed by atoms with Gasteiger partial charge in [-0.2, -0.15) is 0 Å². The molecular weight excluding hydrogens is 334 g/mol. The van der Waals surface area contributed by atoms with Gasteiger partial charge < -0.3 is 25.4 Å². The van der Waals surface area contributed by atoms with Crippen molar-refractivity contribution in [3.8, 4) is 5.75 Å². The summed E-state index contributed by atoms with van der Waals surface area (Å²) >= 11 is 0. The van der Waals surface area contributed by atoms with Gasteiger partial charge in [-0.15, -0.1) is 12.4 Å². The van der Waals surface area contributed by atoms with Crippen molar-refractivity contribution in [1.29, 1.82) is 0 Å². The molecule has 24 heavy (non-hydrogen) atoms. The number of halogens is 1. The van der Waals surface area contributed by atoms with E-state index in [1.807, 2.05) is 25.1 Å². The number of amides is 2. The van der Waals surface area contributed by atoms with Gasteiger partial charge in [-0.05, 0) is 24.6 Å². The summed E-state index contributed by atoms with van der Waals surface area (Å²) in [5, 5.41) is 8.64. The number of likely N-dealkylation sites (N-methyl/N-ethyl adjacent to an activating group) is 1. The van der Waals surface area contributed by atoms with E-state index in [9.17, 15) is 9.59 Å². The summed E-state index contributed by atoms with van der Waals surface area (Å²) in [6.07, 6.45) is 0. The highest BCUT2D eigenvalue weighted by Crippen LogP contribution is 2.13. The van der Waals surface area contributed by atoms with Gasteiger partial charge in [0, 0.05) is 19.6 Å². The average molecular weight is 358 g/mol. The largest absolute Gasteiger partial charge is 0.484 e. The predicted octanol–water partition coefficient (Wildman–Crippen LogP) is 0.228. The zero-order valence-corrected chi connectivity index (χ0v) is 14.5. The van der Waals surface area contributed by atoms with Crippen molar-refractivity contribution in [1.82, 2.24) is 16.0 Å². The van der Waals surface area contributed by atoms with Gasteiger partial charge in [-0.25, -0.2) is 0 Å². The van der Waals surface area contributed by atoms with Crippen molar-refractivity contribution in [2.24, 2.45) is 0 Å². The molecule has 2 amide bonds. The molecule has 1 atom stereocenters. The van der Waals surface area contributed by atoms with Crippen LogP contribution < -0.4 is 20.7 Å². The van der Waals surface area contributed by atoms with Crippen LogP contribution >= 0.6 is 12.4 Å². The van der Waals surface area contributed by atoms with Crippen molar-refractivity contribution in [2.45, 2.75) is 19.5 Å². The van der Waals surface area contributed by atoms with E-state index in [0.717, 1.165) is 5.56 Å². The van der Waals surface area contributed by atoms with Gasteiger partial charge >= 0.3 is 0 Å². The number of rotatable bonds is 7. The molecule has 0 aromatic heterocycles. The van der Waals surface area contributed by atoms with Gasteiger partial charge in [0.15, 0.2) is 6.61 Å². The number of morpholine rings is 1. The number of hydrogen-bond acceptors (Lipinski definition) is 5. The second kappa shape index (κ2) is 10.9. The van der Waals surface area contributed by atoms with Crippen LogP contribution in [-0.2, 0) is 20.9 Å². The Bertz CT molecular complexity index is 536. The molecule has 1 aromatic rings. The molecule has 1 fully saturated rings. The Morgan fingerprint density at radius 2 is 2.21 bits per heavy atom. The maximum atomic E-state index is 12.0. The van der Waals surface area contributed by atoms with Crippen molar-refractivity contribution in [3.63, 3.8) is 0 Å². The zero-order valence-electron chi connectivity index (χ0n) is 13.7. The van der Waals surface area contributed by atoms with E-state index in [1.165, 1.54) is 0 Å². The van der Waals surface area contributed by atoms with E-state index in [1.54, 1.807) is 6.07 Å². The van der Waals surface area contributed by atoms with Crippen molar-refractivity contribution in [2.75, 3.05) is 32.9 Å². The fraction of sp³-hybridized carbons (Fsp3) is 0.500. The smallest absolute Gasteiger partial charge is 0.257 e. The third-order valence-electron chi connectivity index (χ3n) is 3.35. The summed E-state index contributed by atoms with van der Waals surface area (Å²) in [6.45, 7) is 4.51. The average Bonchev–Trinajstić information content (AvgIpc) is 2.59. The summed E-state index contributed by atoms with van der Waals surface area (Å²) in [6, 6.07) is 7.01. The van der Waals surface area contributed by atoms with Gasteiger partial charge in [0.25, 0.3) is 5.91 Å². The summed E-state index contributed by atoms with van der Waals surface area (Å²) < 4.78 is 10.7. The molecule has 7 nitrogen and oxygen atoms in total. The highest BCUT2D eigenvalue weighted by atomic mass is 35.5. The van der Waals surface area contributed by atoms with Crippen LogP contribution in [0.2, 0.25) is 0 Å². The first-order valence-electron chi connectivity index (χ1n) is 7.76. The van der Waals surface area contributed by atoms with Crippen LogP contribution in [0.15, 0.2) is 24.3 Å². The number of ether oxygens (including phenoxy) is 2. The standard InChI is InChI=1S/C16H23N3O4.ClH/c1-2-17-15(20)11-23-13-5-3-4-12(8-13)9-19-16(21)14-10-22-7-6-18-14;/h3-5,8,14,18H,2,6-7,9-11H2,1H3,(H,17,20)(H,19,21);1H. The van der Waals surface area contributed by atoms with Crippen LogP contribution in [0.1, 0.15) is 12.5 Å². The molecule has 0 saturated carbocycles. The number of carbonyl (C=O) groups excluding carboxylic acids is 2. The highest BCUT2D eigenvalue weighted by molar-refractivity contribution is 5.85. The van der Waals surface area contributed by atoms with Crippen LogP contribution in [0.5, 0.6) is 5.75 Å². The maximum absolute atomic E-state index is 12.0. The molecule has 1 unspecified atom stereocenters. The molecule has 134 valence electrons. The molecule has 2 rings (SSSR count). The Morgan fingerprint density at radius 1 is 1.38 bits per heavy atom. The molecule has 0 spiro atoms. The molecule has 0 radical (unpaired) electrons. The Labute approximate surface area is 147 Å². The maximum Gasteiger partial charge on any atom is 0.257 e. The topological polar surface area (TPSA) is 88.7 Å². The molecule has 8 heteroatoms. The molecule has 1 heterocycles. The monoisotopic (exact) mass is 357 g/mol. The molecular formula is C16H24ClN3O4. The summed E-state index contributed by atoms with van der Waals surface area (Å²) in [5.41, 5.74) is 0.906.